The van der Waals surface area contributed by atoms with Gasteiger partial charge in [0.25, 0.3) is 5.56 Å². The molecule has 0 aliphatic carbocycles. The monoisotopic (exact) mass is 442 g/mol. The van der Waals surface area contributed by atoms with Gasteiger partial charge >= 0.3 is 5.97 Å². The quantitative estimate of drug-likeness (QED) is 0.425. The molecular weight excluding hydrogens is 416 g/mol. The van der Waals surface area contributed by atoms with Gasteiger partial charge < -0.3 is 14.4 Å². The Bertz CT molecular complexity index is 1330. The van der Waals surface area contributed by atoms with Crippen molar-refractivity contribution in [3.05, 3.63) is 106 Å². The summed E-state index contributed by atoms with van der Waals surface area (Å²) in [6.45, 7) is 4.51. The Hall–Kier alpha value is -3.93. The van der Waals surface area contributed by atoms with Gasteiger partial charge in [-0.3, -0.25) is 9.78 Å². The zero-order chi connectivity index (χ0) is 23.4. The Labute approximate surface area is 192 Å². The van der Waals surface area contributed by atoms with Gasteiger partial charge in [0.1, 0.15) is 5.75 Å². The molecule has 1 N–H and O–H groups in total. The van der Waals surface area contributed by atoms with E-state index in [2.05, 4.69) is 13.8 Å². The molecule has 0 amide bonds. The number of nitrogens with zero attached hydrogens (tertiary/aromatic N) is 2. The van der Waals surface area contributed by atoms with Gasteiger partial charge in [0.05, 0.1) is 12.1 Å². The number of pyridine rings is 2. The van der Waals surface area contributed by atoms with Gasteiger partial charge in [0.2, 0.25) is 6.10 Å². The highest BCUT2D eigenvalue weighted by Gasteiger charge is 2.21. The number of hydrogen-bond donors (Lipinski definition) is 1. The van der Waals surface area contributed by atoms with Crippen LogP contribution in [-0.2, 0) is 24.2 Å². The van der Waals surface area contributed by atoms with Crippen LogP contribution in [0.4, 0.5) is 0 Å². The fraction of sp³-hybridized carbons (Fsp3) is 0.222. The van der Waals surface area contributed by atoms with E-state index in [0.717, 1.165) is 40.7 Å². The summed E-state index contributed by atoms with van der Waals surface area (Å²) in [5, 5.41) is 10.6. The van der Waals surface area contributed by atoms with Crippen LogP contribution >= 0.6 is 0 Å². The minimum atomic E-state index is -1.09. The molecule has 2 aromatic heterocycles. The predicted molar refractivity (Wildman–Crippen MR) is 128 cm³/mol. The Balaban J connectivity index is 1.63. The van der Waals surface area contributed by atoms with Crippen molar-refractivity contribution in [1.82, 2.24) is 9.55 Å². The highest BCUT2D eigenvalue weighted by Crippen LogP contribution is 2.24. The molecule has 2 heterocycles. The number of hydrogen-bond acceptors (Lipinski definition) is 4. The summed E-state index contributed by atoms with van der Waals surface area (Å²) in [5.41, 5.74) is 4.24. The highest BCUT2D eigenvalue weighted by atomic mass is 16.5. The number of benzene rings is 2. The number of aromatic nitrogens is 2. The Morgan fingerprint density at radius 2 is 1.73 bits per heavy atom. The average molecular weight is 443 g/mol. The molecule has 0 bridgehead atoms. The van der Waals surface area contributed by atoms with Gasteiger partial charge in [-0.1, -0.05) is 56.3 Å². The third kappa shape index (κ3) is 4.80. The van der Waals surface area contributed by atoms with E-state index in [1.165, 1.54) is 0 Å². The van der Waals surface area contributed by atoms with Crippen LogP contribution in [0, 0.1) is 0 Å². The number of carboxylic acids is 1. The smallest absolute Gasteiger partial charge is 0.349 e. The summed E-state index contributed by atoms with van der Waals surface area (Å²) in [6, 6.07) is 21.5. The largest absolute Gasteiger partial charge is 0.478 e. The number of aliphatic carboxylic acids is 1. The van der Waals surface area contributed by atoms with Crippen LogP contribution in [0.2, 0.25) is 0 Å². The molecule has 0 fully saturated rings. The van der Waals surface area contributed by atoms with Crippen LogP contribution in [0.15, 0.2) is 77.6 Å². The molecule has 0 radical (unpaired) electrons. The third-order valence-electron chi connectivity index (χ3n) is 5.66. The van der Waals surface area contributed by atoms with Crippen molar-refractivity contribution in [2.24, 2.45) is 0 Å². The van der Waals surface area contributed by atoms with E-state index in [1.807, 2.05) is 30.3 Å². The van der Waals surface area contributed by atoms with Crippen molar-refractivity contribution >= 4 is 16.9 Å². The first kappa shape index (κ1) is 22.3. The molecule has 0 spiro atoms. The van der Waals surface area contributed by atoms with E-state index in [9.17, 15) is 14.7 Å². The lowest BCUT2D eigenvalue weighted by molar-refractivity contribution is -0.145. The molecule has 6 heteroatoms. The second-order valence-corrected chi connectivity index (χ2v) is 7.85. The van der Waals surface area contributed by atoms with Crippen LogP contribution in [0.1, 0.15) is 42.5 Å². The number of ether oxygens (including phenoxy) is 1. The van der Waals surface area contributed by atoms with Crippen molar-refractivity contribution in [3.63, 3.8) is 0 Å². The summed E-state index contributed by atoms with van der Waals surface area (Å²) in [6.07, 6.45) is 0.496. The maximum Gasteiger partial charge on any atom is 0.349 e. The Morgan fingerprint density at radius 1 is 1.00 bits per heavy atom. The van der Waals surface area contributed by atoms with Crippen LogP contribution < -0.4 is 10.3 Å². The minimum Gasteiger partial charge on any atom is -0.478 e. The van der Waals surface area contributed by atoms with Gasteiger partial charge in [-0.15, -0.1) is 0 Å². The standard InChI is InChI=1S/C27H26N2O4/c1-3-20-16-24-22(23(4-2)28-20)14-15-25(30)29(24)17-18-10-12-21(13-11-18)33-26(27(31)32)19-8-6-5-7-9-19/h5-16,26H,3-4,17H2,1-2H3,(H,31,32). The molecule has 33 heavy (non-hydrogen) atoms. The Kier molecular flexibility index (Phi) is 6.54. The summed E-state index contributed by atoms with van der Waals surface area (Å²) in [4.78, 5) is 29.2. The molecule has 0 saturated heterocycles. The lowest BCUT2D eigenvalue weighted by Crippen LogP contribution is -2.21. The van der Waals surface area contributed by atoms with Crippen molar-refractivity contribution < 1.29 is 14.6 Å². The highest BCUT2D eigenvalue weighted by molar-refractivity contribution is 5.82. The third-order valence-corrected chi connectivity index (χ3v) is 5.66. The first-order valence-electron chi connectivity index (χ1n) is 11.1. The van der Waals surface area contributed by atoms with E-state index in [1.54, 1.807) is 47.0 Å². The van der Waals surface area contributed by atoms with Gasteiger partial charge in [-0.2, -0.15) is 0 Å². The van der Waals surface area contributed by atoms with Crippen molar-refractivity contribution in [1.29, 1.82) is 0 Å². The van der Waals surface area contributed by atoms with Crippen molar-refractivity contribution in [2.75, 3.05) is 0 Å². The maximum atomic E-state index is 12.7. The summed E-state index contributed by atoms with van der Waals surface area (Å²) in [5.74, 6) is -0.606. The van der Waals surface area contributed by atoms with Crippen LogP contribution in [0.5, 0.6) is 5.75 Å². The normalized spacial score (nSPS) is 11.9. The van der Waals surface area contributed by atoms with Gasteiger partial charge in [0.15, 0.2) is 0 Å². The van der Waals surface area contributed by atoms with Crippen molar-refractivity contribution in [2.45, 2.75) is 39.3 Å². The molecule has 1 atom stereocenters. The molecule has 2 aromatic carbocycles. The number of fused-ring (bicyclic) bond motifs is 1. The van der Waals surface area contributed by atoms with Crippen LogP contribution in [-0.4, -0.2) is 20.6 Å². The molecule has 0 aliphatic rings. The number of aryl methyl sites for hydroxylation is 2. The Morgan fingerprint density at radius 3 is 2.36 bits per heavy atom. The average Bonchev–Trinajstić information content (AvgIpc) is 2.84. The van der Waals surface area contributed by atoms with Crippen LogP contribution in [0.3, 0.4) is 0 Å². The van der Waals surface area contributed by atoms with Crippen molar-refractivity contribution in [3.8, 4) is 5.75 Å². The molecule has 6 nitrogen and oxygen atoms in total. The molecule has 1 unspecified atom stereocenters. The predicted octanol–water partition coefficient (Wildman–Crippen LogP) is 4.77. The topological polar surface area (TPSA) is 81.4 Å². The summed E-state index contributed by atoms with van der Waals surface area (Å²) >= 11 is 0. The number of carboxylic acid groups (broad SMARTS) is 1. The first-order valence-corrected chi connectivity index (χ1v) is 11.1. The minimum absolute atomic E-state index is 0.0758. The zero-order valence-electron chi connectivity index (χ0n) is 18.7. The molecule has 4 aromatic rings. The van der Waals surface area contributed by atoms with E-state index in [0.29, 0.717) is 17.9 Å². The molecule has 0 aliphatic heterocycles. The van der Waals surface area contributed by atoms with E-state index in [4.69, 9.17) is 9.72 Å². The summed E-state index contributed by atoms with van der Waals surface area (Å²) < 4.78 is 7.50. The van der Waals surface area contributed by atoms with Gasteiger partial charge in [-0.05, 0) is 42.7 Å². The van der Waals surface area contributed by atoms with E-state index in [-0.39, 0.29) is 5.56 Å². The molecule has 4 rings (SSSR count). The number of rotatable bonds is 8. The second-order valence-electron chi connectivity index (χ2n) is 7.85. The lowest BCUT2D eigenvalue weighted by Gasteiger charge is -2.16. The van der Waals surface area contributed by atoms with Crippen LogP contribution in [0.25, 0.3) is 10.9 Å². The maximum absolute atomic E-state index is 12.7. The molecule has 0 saturated carbocycles. The zero-order valence-corrected chi connectivity index (χ0v) is 18.7. The SMILES string of the molecule is CCc1cc2c(ccc(=O)n2Cc2ccc(OC(C(=O)O)c3ccccc3)cc2)c(CC)n1. The first-order chi connectivity index (χ1) is 16.0. The van der Waals surface area contributed by atoms with E-state index < -0.39 is 12.1 Å². The van der Waals surface area contributed by atoms with E-state index >= 15 is 0 Å². The molecule has 168 valence electrons. The van der Waals surface area contributed by atoms with Gasteiger partial charge in [0, 0.05) is 28.4 Å². The fourth-order valence-electron chi connectivity index (χ4n) is 3.91. The second kappa shape index (κ2) is 9.69. The summed E-state index contributed by atoms with van der Waals surface area (Å²) in [7, 11) is 0. The van der Waals surface area contributed by atoms with Gasteiger partial charge in [-0.25, -0.2) is 4.79 Å². The lowest BCUT2D eigenvalue weighted by atomic mass is 10.1. The molecular formula is C27H26N2O4. The fourth-order valence-corrected chi connectivity index (χ4v) is 3.91. The number of carbonyl (C=O) groups is 1.